The second-order valence-corrected chi connectivity index (χ2v) is 7.53. The van der Waals surface area contributed by atoms with Gasteiger partial charge in [-0.15, -0.1) is 0 Å². The maximum Gasteiger partial charge on any atom is -0.00595 e. The fraction of sp³-hybridized carbons (Fsp3) is 0.158. The van der Waals surface area contributed by atoms with Crippen LogP contribution >= 0.6 is 7.92 Å². The Labute approximate surface area is 122 Å². The summed E-state index contributed by atoms with van der Waals surface area (Å²) >= 11 is 0. The first-order valence-corrected chi connectivity index (χ1v) is 8.57. The van der Waals surface area contributed by atoms with Gasteiger partial charge >= 0.3 is 0 Å². The molecule has 0 spiro atoms. The van der Waals surface area contributed by atoms with E-state index >= 15 is 0 Å². The van der Waals surface area contributed by atoms with E-state index in [0.717, 1.165) is 0 Å². The maximum atomic E-state index is 2.31. The first kappa shape index (κ1) is 13.3. The quantitative estimate of drug-likeness (QED) is 0.730. The van der Waals surface area contributed by atoms with Crippen LogP contribution in [0.25, 0.3) is 0 Å². The summed E-state index contributed by atoms with van der Waals surface area (Å²) in [7, 11) is -0.289. The van der Waals surface area contributed by atoms with Gasteiger partial charge in [0.15, 0.2) is 0 Å². The fourth-order valence-electron chi connectivity index (χ4n) is 2.68. The SMILES string of the molecule is C1=CCC(P(c2ccccc2)c2ccccc2)CC=C1. The van der Waals surface area contributed by atoms with E-state index in [9.17, 15) is 0 Å². The van der Waals surface area contributed by atoms with Crippen LogP contribution in [-0.4, -0.2) is 5.66 Å². The van der Waals surface area contributed by atoms with Gasteiger partial charge in [-0.25, -0.2) is 0 Å². The van der Waals surface area contributed by atoms with Crippen molar-refractivity contribution in [3.63, 3.8) is 0 Å². The number of benzene rings is 2. The summed E-state index contributed by atoms with van der Waals surface area (Å²) in [5.74, 6) is 0. The van der Waals surface area contributed by atoms with Gasteiger partial charge in [0.1, 0.15) is 0 Å². The number of hydrogen-bond acceptors (Lipinski definition) is 0. The molecule has 3 rings (SSSR count). The number of hydrogen-bond donors (Lipinski definition) is 0. The zero-order valence-electron chi connectivity index (χ0n) is 11.5. The highest BCUT2D eigenvalue weighted by Gasteiger charge is 2.23. The average Bonchev–Trinajstić information content (AvgIpc) is 2.79. The first-order valence-electron chi connectivity index (χ1n) is 7.16. The topological polar surface area (TPSA) is 0 Å². The van der Waals surface area contributed by atoms with Crippen LogP contribution in [0, 0.1) is 0 Å². The predicted molar refractivity (Wildman–Crippen MR) is 90.4 cm³/mol. The Morgan fingerprint density at radius 3 is 1.55 bits per heavy atom. The molecule has 20 heavy (non-hydrogen) atoms. The molecule has 0 heterocycles. The minimum absolute atomic E-state index is 0.289. The van der Waals surface area contributed by atoms with E-state index in [0.29, 0.717) is 5.66 Å². The van der Waals surface area contributed by atoms with Crippen molar-refractivity contribution in [3.05, 3.63) is 85.0 Å². The van der Waals surface area contributed by atoms with E-state index in [-0.39, 0.29) is 7.92 Å². The molecule has 100 valence electrons. The molecule has 0 amide bonds. The van der Waals surface area contributed by atoms with Crippen molar-refractivity contribution >= 4 is 18.5 Å². The Kier molecular flexibility index (Phi) is 4.46. The van der Waals surface area contributed by atoms with E-state index in [1.165, 1.54) is 23.5 Å². The molecule has 0 bridgehead atoms. The van der Waals surface area contributed by atoms with Gasteiger partial charge in [-0.05, 0) is 37.0 Å². The van der Waals surface area contributed by atoms with E-state index in [1.807, 2.05) is 0 Å². The molecule has 0 saturated heterocycles. The highest BCUT2D eigenvalue weighted by atomic mass is 31.1. The molecule has 1 aliphatic carbocycles. The smallest absolute Gasteiger partial charge is 0.00595 e. The zero-order chi connectivity index (χ0) is 13.6. The van der Waals surface area contributed by atoms with E-state index < -0.39 is 0 Å². The van der Waals surface area contributed by atoms with Crippen LogP contribution in [0.3, 0.4) is 0 Å². The maximum absolute atomic E-state index is 2.31. The third-order valence-corrected chi connectivity index (χ3v) is 6.49. The van der Waals surface area contributed by atoms with Crippen molar-refractivity contribution in [3.8, 4) is 0 Å². The molecular weight excluding hydrogens is 259 g/mol. The third kappa shape index (κ3) is 3.08. The summed E-state index contributed by atoms with van der Waals surface area (Å²) in [6.45, 7) is 0. The monoisotopic (exact) mass is 278 g/mol. The highest BCUT2D eigenvalue weighted by molar-refractivity contribution is 7.73. The second kappa shape index (κ2) is 6.68. The van der Waals surface area contributed by atoms with Crippen LogP contribution in [0.2, 0.25) is 0 Å². The molecule has 0 fully saturated rings. The molecular formula is C19H19P. The fourth-order valence-corrected chi connectivity index (χ4v) is 5.48. The van der Waals surface area contributed by atoms with Crippen LogP contribution < -0.4 is 10.6 Å². The third-order valence-electron chi connectivity index (χ3n) is 3.63. The predicted octanol–water partition coefficient (Wildman–Crippen LogP) is 4.39. The normalized spacial score (nSPS) is 15.4. The molecule has 2 aromatic rings. The summed E-state index contributed by atoms with van der Waals surface area (Å²) in [5.41, 5.74) is 0.699. The van der Waals surface area contributed by atoms with Crippen LogP contribution in [-0.2, 0) is 0 Å². The van der Waals surface area contributed by atoms with Gasteiger partial charge in [-0.1, -0.05) is 85.0 Å². The van der Waals surface area contributed by atoms with Crippen LogP contribution in [0.1, 0.15) is 12.8 Å². The molecule has 2 aromatic carbocycles. The zero-order valence-corrected chi connectivity index (χ0v) is 12.4. The lowest BCUT2D eigenvalue weighted by Crippen LogP contribution is -2.21. The Morgan fingerprint density at radius 2 is 1.10 bits per heavy atom. The minimum atomic E-state index is -0.289. The molecule has 0 saturated carbocycles. The Hall–Kier alpha value is -1.65. The van der Waals surface area contributed by atoms with Crippen LogP contribution in [0.15, 0.2) is 85.0 Å². The average molecular weight is 278 g/mol. The first-order chi connectivity index (χ1) is 9.95. The summed E-state index contributed by atoms with van der Waals surface area (Å²) in [5, 5.41) is 2.98. The number of rotatable bonds is 3. The van der Waals surface area contributed by atoms with Gasteiger partial charge in [0.25, 0.3) is 0 Å². The van der Waals surface area contributed by atoms with Crippen LogP contribution in [0.5, 0.6) is 0 Å². The highest BCUT2D eigenvalue weighted by Crippen LogP contribution is 2.43. The molecule has 1 heteroatoms. The molecule has 0 nitrogen and oxygen atoms in total. The molecule has 0 radical (unpaired) electrons. The van der Waals surface area contributed by atoms with Crippen LogP contribution in [0.4, 0.5) is 0 Å². The van der Waals surface area contributed by atoms with Gasteiger partial charge in [0, 0.05) is 0 Å². The summed E-state index contributed by atoms with van der Waals surface area (Å²) in [4.78, 5) is 0. The van der Waals surface area contributed by atoms with Crippen molar-refractivity contribution in [2.45, 2.75) is 18.5 Å². The Balaban J connectivity index is 1.99. The Bertz CT molecular complexity index is 530. The molecule has 0 aliphatic heterocycles. The standard InChI is InChI=1S/C19H19P/c1-2-6-12-17(11-5-1)20(18-13-7-3-8-14-18)19-15-9-4-10-16-19/h1-10,13-17H,11-12H2. The largest absolute Gasteiger partial charge is 0.0839 e. The van der Waals surface area contributed by atoms with Gasteiger partial charge in [0.05, 0.1) is 0 Å². The van der Waals surface area contributed by atoms with Crippen molar-refractivity contribution < 1.29 is 0 Å². The van der Waals surface area contributed by atoms with E-state index in [1.54, 1.807) is 0 Å². The number of allylic oxidation sites excluding steroid dienone is 4. The second-order valence-electron chi connectivity index (χ2n) is 5.02. The molecule has 0 atom stereocenters. The van der Waals surface area contributed by atoms with Crippen molar-refractivity contribution in [1.29, 1.82) is 0 Å². The van der Waals surface area contributed by atoms with E-state index in [2.05, 4.69) is 85.0 Å². The lowest BCUT2D eigenvalue weighted by molar-refractivity contribution is 0.890. The van der Waals surface area contributed by atoms with Crippen molar-refractivity contribution in [1.82, 2.24) is 0 Å². The van der Waals surface area contributed by atoms with Gasteiger partial charge in [0.2, 0.25) is 0 Å². The van der Waals surface area contributed by atoms with E-state index in [4.69, 9.17) is 0 Å². The summed E-state index contributed by atoms with van der Waals surface area (Å²) in [6.07, 6.45) is 11.3. The molecule has 0 unspecified atom stereocenters. The minimum Gasteiger partial charge on any atom is -0.0839 e. The summed E-state index contributed by atoms with van der Waals surface area (Å²) < 4.78 is 0. The molecule has 0 N–H and O–H groups in total. The summed E-state index contributed by atoms with van der Waals surface area (Å²) in [6, 6.07) is 22.0. The van der Waals surface area contributed by atoms with Crippen molar-refractivity contribution in [2.24, 2.45) is 0 Å². The van der Waals surface area contributed by atoms with Gasteiger partial charge in [-0.2, -0.15) is 0 Å². The molecule has 1 aliphatic rings. The van der Waals surface area contributed by atoms with Gasteiger partial charge < -0.3 is 0 Å². The Morgan fingerprint density at radius 1 is 0.650 bits per heavy atom. The van der Waals surface area contributed by atoms with Gasteiger partial charge in [-0.3, -0.25) is 0 Å². The molecule has 0 aromatic heterocycles. The van der Waals surface area contributed by atoms with Crippen molar-refractivity contribution in [2.75, 3.05) is 0 Å². The lowest BCUT2D eigenvalue weighted by atomic mass is 10.2. The lowest BCUT2D eigenvalue weighted by Gasteiger charge is -2.27.